The molecule has 0 N–H and O–H groups in total. The molecule has 5 rings (SSSR count). The maximum absolute atomic E-state index is 13.7. The summed E-state index contributed by atoms with van der Waals surface area (Å²) in [5, 5.41) is 0.510. The zero-order valence-electron chi connectivity index (χ0n) is 22.7. The summed E-state index contributed by atoms with van der Waals surface area (Å²) in [6.45, 7) is 2.64. The van der Waals surface area contributed by atoms with E-state index in [1.165, 1.54) is 29.2 Å². The van der Waals surface area contributed by atoms with Gasteiger partial charge in [0.25, 0.3) is 5.91 Å². The van der Waals surface area contributed by atoms with Gasteiger partial charge in [0.05, 0.1) is 40.6 Å². The molecule has 0 radical (unpaired) electrons. The smallest absolute Gasteiger partial charge is 0.416 e. The van der Waals surface area contributed by atoms with Gasteiger partial charge in [-0.3, -0.25) is 19.4 Å². The zero-order chi connectivity index (χ0) is 30.0. The fourth-order valence-electron chi connectivity index (χ4n) is 5.02. The molecule has 42 heavy (non-hydrogen) atoms. The van der Waals surface area contributed by atoms with E-state index in [2.05, 4.69) is 4.90 Å². The minimum atomic E-state index is -4.40. The Kier molecular flexibility index (Phi) is 8.98. The Morgan fingerprint density at radius 3 is 2.19 bits per heavy atom. The molecular formula is C30H28Cl2F3N3O4. The first-order valence-electron chi connectivity index (χ1n) is 13.3. The molecule has 3 aromatic carbocycles. The van der Waals surface area contributed by atoms with Gasteiger partial charge in [-0.2, -0.15) is 13.2 Å². The van der Waals surface area contributed by atoms with Crippen molar-refractivity contribution in [1.29, 1.82) is 0 Å². The predicted octanol–water partition coefficient (Wildman–Crippen LogP) is 5.94. The second-order valence-electron chi connectivity index (χ2n) is 10.1. The summed E-state index contributed by atoms with van der Waals surface area (Å²) in [4.78, 5) is 31.6. The lowest BCUT2D eigenvalue weighted by atomic mass is 9.98. The number of hydrogen-bond donors (Lipinski definition) is 0. The lowest BCUT2D eigenvalue weighted by Gasteiger charge is -2.37. The predicted molar refractivity (Wildman–Crippen MR) is 154 cm³/mol. The Morgan fingerprint density at radius 2 is 1.57 bits per heavy atom. The van der Waals surface area contributed by atoms with E-state index in [0.29, 0.717) is 49.8 Å². The average molecular weight is 622 g/mol. The highest BCUT2D eigenvalue weighted by Gasteiger charge is 2.32. The third-order valence-electron chi connectivity index (χ3n) is 7.47. The van der Waals surface area contributed by atoms with Crippen LogP contribution < -0.4 is 9.64 Å². The molecule has 3 aromatic rings. The second-order valence-corrected chi connectivity index (χ2v) is 10.9. The number of rotatable bonds is 7. The van der Waals surface area contributed by atoms with Gasteiger partial charge >= 0.3 is 6.18 Å². The number of anilines is 1. The topological polar surface area (TPSA) is 62.3 Å². The first-order valence-corrected chi connectivity index (χ1v) is 14.0. The summed E-state index contributed by atoms with van der Waals surface area (Å²) in [5.74, 6) is -0.316. The fraction of sp³-hybridized carbons (Fsp3) is 0.333. The van der Waals surface area contributed by atoms with Crippen molar-refractivity contribution in [2.75, 3.05) is 57.9 Å². The second kappa shape index (κ2) is 12.5. The van der Waals surface area contributed by atoms with Crippen LogP contribution in [-0.2, 0) is 20.5 Å². The quantitative estimate of drug-likeness (QED) is 0.327. The zero-order valence-corrected chi connectivity index (χ0v) is 24.2. The van der Waals surface area contributed by atoms with Crippen LogP contribution in [0.4, 0.5) is 18.9 Å². The number of morpholine rings is 1. The lowest BCUT2D eigenvalue weighted by molar-refractivity contribution is -0.137. The normalized spacial score (nSPS) is 16.5. The molecule has 0 aliphatic carbocycles. The molecular weight excluding hydrogens is 594 g/mol. The largest absolute Gasteiger partial charge is 0.482 e. The number of fused-ring (bicyclic) bond motifs is 1. The minimum Gasteiger partial charge on any atom is -0.482 e. The molecule has 2 amide bonds. The highest BCUT2D eigenvalue weighted by Crippen LogP contribution is 2.39. The van der Waals surface area contributed by atoms with Crippen LogP contribution in [0.1, 0.15) is 17.2 Å². The number of amides is 2. The van der Waals surface area contributed by atoms with E-state index in [1.54, 1.807) is 11.9 Å². The minimum absolute atomic E-state index is 0.229. The van der Waals surface area contributed by atoms with Gasteiger partial charge in [-0.1, -0.05) is 59.6 Å². The maximum Gasteiger partial charge on any atom is 0.416 e. The van der Waals surface area contributed by atoms with Gasteiger partial charge in [0, 0.05) is 32.7 Å². The number of carbonyl (C=O) groups excluding carboxylic acids is 2. The molecule has 2 heterocycles. The summed E-state index contributed by atoms with van der Waals surface area (Å²) in [6, 6.07) is 15.1. The summed E-state index contributed by atoms with van der Waals surface area (Å²) in [6.07, 6.45) is -4.40. The van der Waals surface area contributed by atoms with Crippen molar-refractivity contribution in [2.45, 2.75) is 12.2 Å². The first kappa shape index (κ1) is 30.2. The van der Waals surface area contributed by atoms with E-state index in [4.69, 9.17) is 32.7 Å². The molecule has 2 aliphatic heterocycles. The van der Waals surface area contributed by atoms with E-state index in [1.807, 2.05) is 24.3 Å². The number of hydrogen-bond acceptors (Lipinski definition) is 5. The summed E-state index contributed by atoms with van der Waals surface area (Å²) < 4.78 is 50.0. The van der Waals surface area contributed by atoms with Crippen molar-refractivity contribution in [2.24, 2.45) is 0 Å². The van der Waals surface area contributed by atoms with Crippen molar-refractivity contribution >= 4 is 40.7 Å². The van der Waals surface area contributed by atoms with E-state index in [9.17, 15) is 22.8 Å². The van der Waals surface area contributed by atoms with Crippen LogP contribution in [0.2, 0.25) is 10.0 Å². The third-order valence-corrected chi connectivity index (χ3v) is 8.20. The van der Waals surface area contributed by atoms with Crippen molar-refractivity contribution in [1.82, 2.24) is 9.80 Å². The molecule has 1 fully saturated rings. The molecule has 222 valence electrons. The average Bonchev–Trinajstić information content (AvgIpc) is 2.98. The van der Waals surface area contributed by atoms with E-state index >= 15 is 0 Å². The monoisotopic (exact) mass is 621 g/mol. The Morgan fingerprint density at radius 1 is 0.976 bits per heavy atom. The lowest BCUT2D eigenvalue weighted by Crippen LogP contribution is -2.48. The maximum atomic E-state index is 13.7. The molecule has 12 heteroatoms. The van der Waals surface area contributed by atoms with E-state index in [-0.39, 0.29) is 41.1 Å². The summed E-state index contributed by atoms with van der Waals surface area (Å²) in [7, 11) is 1.69. The molecule has 1 unspecified atom stereocenters. The van der Waals surface area contributed by atoms with Gasteiger partial charge in [-0.05, 0) is 34.9 Å². The van der Waals surface area contributed by atoms with E-state index in [0.717, 1.165) is 23.3 Å². The van der Waals surface area contributed by atoms with Crippen molar-refractivity contribution in [3.05, 3.63) is 81.8 Å². The third kappa shape index (κ3) is 6.67. The number of likely N-dealkylation sites (N-methyl/N-ethyl adjacent to an activating group) is 1. The number of alkyl halides is 3. The Hall–Kier alpha value is -3.31. The molecule has 0 bridgehead atoms. The van der Waals surface area contributed by atoms with Gasteiger partial charge in [0.2, 0.25) is 5.91 Å². The Balaban J connectivity index is 1.38. The molecule has 0 aromatic heterocycles. The number of benzene rings is 3. The highest BCUT2D eigenvalue weighted by atomic mass is 35.5. The number of carbonyl (C=O) groups is 2. The molecule has 2 aliphatic rings. The van der Waals surface area contributed by atoms with Crippen LogP contribution in [0.5, 0.6) is 5.75 Å². The van der Waals surface area contributed by atoms with Gasteiger partial charge in [-0.15, -0.1) is 0 Å². The van der Waals surface area contributed by atoms with Crippen molar-refractivity contribution in [3.63, 3.8) is 0 Å². The number of nitrogens with zero attached hydrogens (tertiary/aromatic N) is 3. The van der Waals surface area contributed by atoms with E-state index < -0.39 is 11.7 Å². The highest BCUT2D eigenvalue weighted by molar-refractivity contribution is 6.42. The molecule has 0 spiro atoms. The fourth-order valence-corrected chi connectivity index (χ4v) is 5.33. The van der Waals surface area contributed by atoms with Gasteiger partial charge in [0.15, 0.2) is 6.61 Å². The van der Waals surface area contributed by atoms with Crippen LogP contribution >= 0.6 is 23.2 Å². The number of halogens is 5. The first-order chi connectivity index (χ1) is 20.0. The standard InChI is InChI=1S/C30H28Cl2F3N3O4/c1-36(28(39)17-38-25-14-23(31)24(32)15-27(25)42-18-29(38)40)26(16-37-10-12-41-13-11-37)21-4-2-19(3-5-21)20-6-8-22(9-7-20)30(33,34)35/h2-9,14-15,26H,10-13,16-18H2,1H3. The van der Waals surface area contributed by atoms with Gasteiger partial charge in [0.1, 0.15) is 12.3 Å². The Labute approximate surface area is 251 Å². The summed E-state index contributed by atoms with van der Waals surface area (Å²) >= 11 is 12.3. The van der Waals surface area contributed by atoms with Crippen LogP contribution in [0.15, 0.2) is 60.7 Å². The molecule has 1 atom stereocenters. The Bertz CT molecular complexity index is 1450. The SMILES string of the molecule is CN(C(=O)CN1C(=O)COc2cc(Cl)c(Cl)cc21)C(CN1CCOCC1)c1ccc(-c2ccc(C(F)(F)F)cc2)cc1. The van der Waals surface area contributed by atoms with Crippen molar-refractivity contribution in [3.8, 4) is 16.9 Å². The van der Waals surface area contributed by atoms with Crippen molar-refractivity contribution < 1.29 is 32.2 Å². The number of ether oxygens (including phenoxy) is 2. The van der Waals surface area contributed by atoms with Crippen LogP contribution in [0, 0.1) is 0 Å². The molecule has 0 saturated carbocycles. The van der Waals surface area contributed by atoms with Crippen LogP contribution in [0.3, 0.4) is 0 Å². The van der Waals surface area contributed by atoms with Gasteiger partial charge < -0.3 is 14.4 Å². The molecule has 1 saturated heterocycles. The van der Waals surface area contributed by atoms with Gasteiger partial charge in [-0.25, -0.2) is 0 Å². The molecule has 7 nitrogen and oxygen atoms in total. The van der Waals surface area contributed by atoms with Crippen LogP contribution in [0.25, 0.3) is 11.1 Å². The van der Waals surface area contributed by atoms with Crippen LogP contribution in [-0.4, -0.2) is 74.7 Å². The summed E-state index contributed by atoms with van der Waals surface area (Å²) in [5.41, 5.74) is 1.90.